The summed E-state index contributed by atoms with van der Waals surface area (Å²) in [7, 11) is 0. The van der Waals surface area contributed by atoms with Crippen molar-refractivity contribution < 1.29 is 4.79 Å². The van der Waals surface area contributed by atoms with Gasteiger partial charge in [-0.2, -0.15) is 0 Å². The molecule has 0 heterocycles. The van der Waals surface area contributed by atoms with Crippen molar-refractivity contribution in [2.45, 2.75) is 58.2 Å². The minimum Gasteiger partial charge on any atom is -0.360 e. The van der Waals surface area contributed by atoms with E-state index in [0.29, 0.717) is 11.2 Å². The smallest absolute Gasteiger partial charge is 0.242 e. The molecule has 0 aromatic rings. The summed E-state index contributed by atoms with van der Waals surface area (Å²) in [5.74, 6) is -0.0348. The van der Waals surface area contributed by atoms with Crippen LogP contribution >= 0.6 is 12.2 Å². The highest BCUT2D eigenvalue weighted by Crippen LogP contribution is 2.18. The highest BCUT2D eigenvalue weighted by atomic mass is 32.1. The normalized spacial score (nSPS) is 17.5. The van der Waals surface area contributed by atoms with Crippen LogP contribution in [0.5, 0.6) is 0 Å². The van der Waals surface area contributed by atoms with Gasteiger partial charge in [0.2, 0.25) is 5.91 Å². The van der Waals surface area contributed by atoms with Gasteiger partial charge in [-0.15, -0.1) is 0 Å². The topological polar surface area (TPSA) is 53.2 Å². The zero-order valence-electron chi connectivity index (χ0n) is 10.4. The molecule has 0 aliphatic heterocycles. The fraction of sp³-hybridized carbons (Fsp3) is 0.818. The summed E-state index contributed by atoms with van der Waals surface area (Å²) in [4.78, 5) is 11.7. The van der Waals surface area contributed by atoms with E-state index in [-0.39, 0.29) is 17.5 Å². The lowest BCUT2D eigenvalue weighted by molar-refractivity contribution is -0.123. The van der Waals surface area contributed by atoms with E-state index in [4.69, 9.17) is 12.2 Å². The van der Waals surface area contributed by atoms with Gasteiger partial charge in [0, 0.05) is 11.6 Å². The Kier molecular flexibility index (Phi) is 4.13. The Hall–Kier alpha value is -0.840. The van der Waals surface area contributed by atoms with Gasteiger partial charge in [-0.1, -0.05) is 0 Å². The van der Waals surface area contributed by atoms with Crippen molar-refractivity contribution in [3.05, 3.63) is 0 Å². The molecule has 1 atom stereocenters. The highest BCUT2D eigenvalue weighted by molar-refractivity contribution is 7.80. The number of thiocarbonyl (C=S) groups is 1. The number of hydrogen-bond acceptors (Lipinski definition) is 2. The van der Waals surface area contributed by atoms with Gasteiger partial charge >= 0.3 is 0 Å². The molecule has 0 radical (unpaired) electrons. The quantitative estimate of drug-likeness (QED) is 0.645. The van der Waals surface area contributed by atoms with Crippen molar-refractivity contribution in [2.75, 3.05) is 0 Å². The van der Waals surface area contributed by atoms with Crippen LogP contribution in [0.1, 0.15) is 40.5 Å². The molecule has 1 saturated carbocycles. The zero-order valence-corrected chi connectivity index (χ0v) is 11.2. The van der Waals surface area contributed by atoms with Crippen LogP contribution in [0.2, 0.25) is 0 Å². The molecular formula is C11H21N3OS. The lowest BCUT2D eigenvalue weighted by Crippen LogP contribution is -2.52. The first-order valence-corrected chi connectivity index (χ1v) is 6.08. The van der Waals surface area contributed by atoms with E-state index >= 15 is 0 Å². The number of nitrogens with one attached hydrogen (secondary N) is 3. The molecule has 92 valence electrons. The summed E-state index contributed by atoms with van der Waals surface area (Å²) in [5, 5.41) is 9.60. The minimum atomic E-state index is -0.307. The zero-order chi connectivity index (χ0) is 12.3. The second-order valence-electron chi connectivity index (χ2n) is 5.35. The summed E-state index contributed by atoms with van der Waals surface area (Å²) in [5.41, 5.74) is -0.210. The monoisotopic (exact) mass is 243 g/mol. The van der Waals surface area contributed by atoms with Crippen LogP contribution in [-0.2, 0) is 4.79 Å². The molecule has 0 bridgehead atoms. The van der Waals surface area contributed by atoms with Crippen molar-refractivity contribution in [2.24, 2.45) is 0 Å². The number of amides is 1. The molecule has 1 amide bonds. The number of carbonyl (C=O) groups excluding carboxylic acids is 1. The van der Waals surface area contributed by atoms with Crippen molar-refractivity contribution in [1.29, 1.82) is 0 Å². The van der Waals surface area contributed by atoms with Crippen LogP contribution in [0.25, 0.3) is 0 Å². The lowest BCUT2D eigenvalue weighted by Gasteiger charge is -2.24. The maximum Gasteiger partial charge on any atom is 0.242 e. The van der Waals surface area contributed by atoms with E-state index < -0.39 is 0 Å². The largest absolute Gasteiger partial charge is 0.360 e. The van der Waals surface area contributed by atoms with Crippen molar-refractivity contribution >= 4 is 23.2 Å². The third-order valence-electron chi connectivity index (χ3n) is 2.15. The maximum absolute atomic E-state index is 11.7. The summed E-state index contributed by atoms with van der Waals surface area (Å²) < 4.78 is 0. The fourth-order valence-electron chi connectivity index (χ4n) is 1.19. The molecular weight excluding hydrogens is 222 g/mol. The average molecular weight is 243 g/mol. The van der Waals surface area contributed by atoms with E-state index in [9.17, 15) is 4.79 Å². The molecule has 16 heavy (non-hydrogen) atoms. The molecule has 1 aliphatic carbocycles. The van der Waals surface area contributed by atoms with E-state index in [2.05, 4.69) is 16.0 Å². The van der Waals surface area contributed by atoms with Crippen LogP contribution in [0.3, 0.4) is 0 Å². The third-order valence-corrected chi connectivity index (χ3v) is 2.39. The van der Waals surface area contributed by atoms with E-state index in [1.165, 1.54) is 12.8 Å². The first-order chi connectivity index (χ1) is 7.28. The molecule has 0 saturated heterocycles. The molecule has 3 N–H and O–H groups in total. The molecule has 0 aromatic carbocycles. The van der Waals surface area contributed by atoms with Crippen LogP contribution in [0, 0.1) is 0 Å². The van der Waals surface area contributed by atoms with Gasteiger partial charge in [-0.05, 0) is 52.8 Å². The lowest BCUT2D eigenvalue weighted by atomic mass is 10.1. The van der Waals surface area contributed by atoms with Crippen LogP contribution in [0.4, 0.5) is 0 Å². The van der Waals surface area contributed by atoms with Crippen molar-refractivity contribution in [3.8, 4) is 0 Å². The van der Waals surface area contributed by atoms with E-state index in [0.717, 1.165) is 0 Å². The molecule has 5 heteroatoms. The Labute approximate surface area is 103 Å². The summed E-state index contributed by atoms with van der Waals surface area (Å²) >= 11 is 5.10. The number of carbonyl (C=O) groups is 1. The van der Waals surface area contributed by atoms with Crippen LogP contribution < -0.4 is 16.0 Å². The Morgan fingerprint density at radius 2 is 1.94 bits per heavy atom. The molecule has 0 aromatic heterocycles. The Bertz CT molecular complexity index is 281. The summed E-state index contributed by atoms with van der Waals surface area (Å²) in [6.07, 6.45) is 2.34. The van der Waals surface area contributed by atoms with Gasteiger partial charge in [-0.25, -0.2) is 0 Å². The van der Waals surface area contributed by atoms with Gasteiger partial charge < -0.3 is 16.0 Å². The van der Waals surface area contributed by atoms with Gasteiger partial charge in [0.15, 0.2) is 5.11 Å². The highest BCUT2D eigenvalue weighted by Gasteiger charge is 2.24. The maximum atomic E-state index is 11.7. The molecule has 1 unspecified atom stereocenters. The molecule has 4 nitrogen and oxygen atoms in total. The minimum absolute atomic E-state index is 0.0348. The van der Waals surface area contributed by atoms with Gasteiger partial charge in [0.05, 0.1) is 0 Å². The Morgan fingerprint density at radius 1 is 1.38 bits per heavy atom. The Morgan fingerprint density at radius 3 is 2.38 bits per heavy atom. The van der Waals surface area contributed by atoms with Crippen molar-refractivity contribution in [3.63, 3.8) is 0 Å². The van der Waals surface area contributed by atoms with E-state index in [1.807, 2.05) is 27.7 Å². The van der Waals surface area contributed by atoms with E-state index in [1.54, 1.807) is 0 Å². The van der Waals surface area contributed by atoms with Gasteiger partial charge in [0.25, 0.3) is 0 Å². The van der Waals surface area contributed by atoms with Crippen molar-refractivity contribution in [1.82, 2.24) is 16.0 Å². The number of hydrogen-bond donors (Lipinski definition) is 3. The predicted molar refractivity (Wildman–Crippen MR) is 69.2 cm³/mol. The van der Waals surface area contributed by atoms with Crippen LogP contribution in [-0.4, -0.2) is 28.6 Å². The molecule has 1 fully saturated rings. The molecule has 0 spiro atoms. The van der Waals surface area contributed by atoms with Crippen LogP contribution in [0.15, 0.2) is 0 Å². The predicted octanol–water partition coefficient (Wildman–Crippen LogP) is 0.916. The summed E-state index contributed by atoms with van der Waals surface area (Å²) in [6.45, 7) is 7.68. The second kappa shape index (κ2) is 4.99. The van der Waals surface area contributed by atoms with Gasteiger partial charge in [-0.3, -0.25) is 4.79 Å². The Balaban J connectivity index is 2.29. The SMILES string of the molecule is CC(NC(=S)NC1CC1)C(=O)NC(C)(C)C. The summed E-state index contributed by atoms with van der Waals surface area (Å²) in [6, 6.07) is 0.204. The average Bonchev–Trinajstić information content (AvgIpc) is 2.84. The third kappa shape index (κ3) is 5.30. The fourth-order valence-corrected chi connectivity index (χ4v) is 1.54. The standard InChI is InChI=1S/C11H21N3OS/c1-7(9(15)14-11(2,3)4)12-10(16)13-8-5-6-8/h7-8H,5-6H2,1-4H3,(H,14,15)(H2,12,13,16). The van der Waals surface area contributed by atoms with Gasteiger partial charge in [0.1, 0.15) is 6.04 Å². The molecule has 1 aliphatic rings. The first-order valence-electron chi connectivity index (χ1n) is 5.67. The first kappa shape index (κ1) is 13.2. The second-order valence-corrected chi connectivity index (χ2v) is 5.76. The molecule has 1 rings (SSSR count). The number of rotatable bonds is 3.